The fourth-order valence-electron chi connectivity index (χ4n) is 3.08. The molecule has 0 radical (unpaired) electrons. The van der Waals surface area contributed by atoms with Gasteiger partial charge < -0.3 is 4.98 Å². The molecule has 0 bridgehead atoms. The van der Waals surface area contributed by atoms with E-state index in [-0.39, 0.29) is 11.2 Å². The Labute approximate surface area is 147 Å². The number of aromatic nitrogens is 1. The van der Waals surface area contributed by atoms with Crippen LogP contribution in [0.25, 0.3) is 10.9 Å². The van der Waals surface area contributed by atoms with Gasteiger partial charge in [0.2, 0.25) is 0 Å². The molecule has 4 nitrogen and oxygen atoms in total. The van der Waals surface area contributed by atoms with E-state index in [4.69, 9.17) is 0 Å². The van der Waals surface area contributed by atoms with E-state index >= 15 is 0 Å². The number of aryl methyl sites for hydroxylation is 1. The van der Waals surface area contributed by atoms with Gasteiger partial charge in [0, 0.05) is 40.8 Å². The average molecular weight is 334 g/mol. The lowest BCUT2D eigenvalue weighted by Crippen LogP contribution is -2.24. The van der Waals surface area contributed by atoms with E-state index in [1.165, 1.54) is 12.5 Å². The van der Waals surface area contributed by atoms with Crippen molar-refractivity contribution in [3.63, 3.8) is 0 Å². The molecule has 1 aromatic heterocycles. The highest BCUT2D eigenvalue weighted by Crippen LogP contribution is 2.16. The second kappa shape index (κ2) is 7.03. The lowest BCUT2D eigenvalue weighted by Gasteiger charge is -2.18. The molecule has 0 saturated carbocycles. The molecule has 2 aromatic carbocycles. The van der Waals surface area contributed by atoms with Crippen molar-refractivity contribution in [3.8, 4) is 0 Å². The summed E-state index contributed by atoms with van der Waals surface area (Å²) in [7, 11) is 2.00. The molecular weight excluding hydrogens is 312 g/mol. The van der Waals surface area contributed by atoms with Crippen LogP contribution in [-0.4, -0.2) is 22.7 Å². The number of pyridine rings is 1. The first kappa shape index (κ1) is 17.1. The first-order chi connectivity index (χ1) is 12.0. The number of nitrogens with zero attached hydrogens (tertiary/aromatic N) is 1. The Hall–Kier alpha value is -2.72. The Bertz CT molecular complexity index is 974. The summed E-state index contributed by atoms with van der Waals surface area (Å²) in [5, 5.41) is 0.571. The lowest BCUT2D eigenvalue weighted by molar-refractivity contribution is 0.101. The summed E-state index contributed by atoms with van der Waals surface area (Å²) in [5.74, 6) is -0.0374. The van der Waals surface area contributed by atoms with Crippen LogP contribution in [0, 0.1) is 6.92 Å². The number of hydrogen-bond donors (Lipinski definition) is 1. The minimum absolute atomic E-state index is 0.00531. The molecule has 3 aromatic rings. The van der Waals surface area contributed by atoms with Crippen LogP contribution >= 0.6 is 0 Å². The van der Waals surface area contributed by atoms with Gasteiger partial charge >= 0.3 is 0 Å². The molecule has 25 heavy (non-hydrogen) atoms. The summed E-state index contributed by atoms with van der Waals surface area (Å²) in [6.07, 6.45) is 0. The maximum Gasteiger partial charge on any atom is 0.194 e. The zero-order valence-electron chi connectivity index (χ0n) is 14.8. The van der Waals surface area contributed by atoms with Gasteiger partial charge in [-0.1, -0.05) is 30.3 Å². The summed E-state index contributed by atoms with van der Waals surface area (Å²) in [6.45, 7) is 4.76. The van der Waals surface area contributed by atoms with Crippen molar-refractivity contribution in [1.29, 1.82) is 0 Å². The number of benzene rings is 2. The largest absolute Gasteiger partial charge is 0.358 e. The molecule has 0 spiro atoms. The Balaban J connectivity index is 1.95. The minimum atomic E-state index is -0.0374. The molecule has 0 aliphatic rings. The lowest BCUT2D eigenvalue weighted by atomic mass is 10.0. The topological polar surface area (TPSA) is 53.2 Å². The second-order valence-electron chi connectivity index (χ2n) is 6.53. The Morgan fingerprint density at radius 3 is 2.48 bits per heavy atom. The summed E-state index contributed by atoms with van der Waals surface area (Å²) >= 11 is 0. The van der Waals surface area contributed by atoms with Gasteiger partial charge in [-0.05, 0) is 44.7 Å². The third-order valence-corrected chi connectivity index (χ3v) is 4.44. The van der Waals surface area contributed by atoms with Gasteiger partial charge in [-0.2, -0.15) is 0 Å². The van der Waals surface area contributed by atoms with Crippen molar-refractivity contribution in [1.82, 2.24) is 9.88 Å². The molecule has 128 valence electrons. The van der Waals surface area contributed by atoms with Crippen LogP contribution in [0.15, 0.2) is 53.3 Å². The summed E-state index contributed by atoms with van der Waals surface area (Å²) in [6, 6.07) is 15.4. The van der Waals surface area contributed by atoms with E-state index < -0.39 is 0 Å². The van der Waals surface area contributed by atoms with Crippen LogP contribution in [-0.2, 0) is 13.1 Å². The number of rotatable bonds is 5. The first-order valence-electron chi connectivity index (χ1n) is 8.34. The van der Waals surface area contributed by atoms with Crippen LogP contribution in [0.4, 0.5) is 0 Å². The first-order valence-corrected chi connectivity index (χ1v) is 8.34. The van der Waals surface area contributed by atoms with Crippen molar-refractivity contribution in [3.05, 3.63) is 81.1 Å². The Morgan fingerprint density at radius 2 is 1.80 bits per heavy atom. The predicted molar refractivity (Wildman–Crippen MR) is 101 cm³/mol. The molecule has 0 amide bonds. The second-order valence-corrected chi connectivity index (χ2v) is 6.53. The van der Waals surface area contributed by atoms with Crippen LogP contribution in [0.1, 0.15) is 34.1 Å². The number of aromatic amines is 1. The van der Waals surface area contributed by atoms with Crippen LogP contribution < -0.4 is 5.43 Å². The normalized spacial score (nSPS) is 11.2. The van der Waals surface area contributed by atoms with Crippen molar-refractivity contribution < 1.29 is 4.79 Å². The van der Waals surface area contributed by atoms with Crippen LogP contribution in [0.2, 0.25) is 0 Å². The highest BCUT2D eigenvalue weighted by atomic mass is 16.1. The SMILES string of the molecule is CC(=O)c1ccc2[nH]c(C)c(CN(C)Cc3ccccc3)c(=O)c2c1. The number of ketones is 1. The van der Waals surface area contributed by atoms with Gasteiger partial charge in [0.15, 0.2) is 11.2 Å². The van der Waals surface area contributed by atoms with Gasteiger partial charge in [0.05, 0.1) is 0 Å². The fraction of sp³-hybridized carbons (Fsp3) is 0.238. The van der Waals surface area contributed by atoms with Crippen molar-refractivity contribution in [2.45, 2.75) is 26.9 Å². The zero-order chi connectivity index (χ0) is 18.0. The molecular formula is C21H22N2O2. The van der Waals surface area contributed by atoms with Crippen molar-refractivity contribution in [2.24, 2.45) is 0 Å². The van der Waals surface area contributed by atoms with Gasteiger partial charge in [0.1, 0.15) is 0 Å². The van der Waals surface area contributed by atoms with E-state index in [2.05, 4.69) is 22.0 Å². The van der Waals surface area contributed by atoms with E-state index in [1.807, 2.05) is 32.2 Å². The van der Waals surface area contributed by atoms with E-state index in [1.54, 1.807) is 18.2 Å². The van der Waals surface area contributed by atoms with Gasteiger partial charge in [0.25, 0.3) is 0 Å². The monoisotopic (exact) mass is 334 g/mol. The highest BCUT2D eigenvalue weighted by molar-refractivity contribution is 5.97. The number of carbonyl (C=O) groups excluding carboxylic acids is 1. The number of carbonyl (C=O) groups is 1. The third-order valence-electron chi connectivity index (χ3n) is 4.44. The van der Waals surface area contributed by atoms with Crippen LogP contribution in [0.5, 0.6) is 0 Å². The van der Waals surface area contributed by atoms with Gasteiger partial charge in [-0.15, -0.1) is 0 Å². The van der Waals surface area contributed by atoms with Crippen LogP contribution in [0.3, 0.4) is 0 Å². The molecule has 0 atom stereocenters. The van der Waals surface area contributed by atoms with Gasteiger partial charge in [-0.3, -0.25) is 14.5 Å². The van der Waals surface area contributed by atoms with E-state index in [0.717, 1.165) is 23.3 Å². The van der Waals surface area contributed by atoms with Crippen molar-refractivity contribution in [2.75, 3.05) is 7.05 Å². The number of fused-ring (bicyclic) bond motifs is 1. The number of hydrogen-bond acceptors (Lipinski definition) is 3. The molecule has 0 unspecified atom stereocenters. The maximum atomic E-state index is 13.0. The van der Waals surface area contributed by atoms with E-state index in [9.17, 15) is 9.59 Å². The predicted octanol–water partition coefficient (Wildman–Crippen LogP) is 3.67. The summed E-state index contributed by atoms with van der Waals surface area (Å²) in [4.78, 5) is 30.0. The molecule has 1 N–H and O–H groups in total. The number of H-pyrrole nitrogens is 1. The molecule has 1 heterocycles. The standard InChI is InChI=1S/C21H22N2O2/c1-14-19(13-23(3)12-16-7-5-4-6-8-16)21(25)18-11-17(15(2)24)9-10-20(18)22-14/h4-11H,12-13H2,1-3H3,(H,22,25). The Morgan fingerprint density at radius 1 is 1.08 bits per heavy atom. The molecule has 0 saturated heterocycles. The van der Waals surface area contributed by atoms with Gasteiger partial charge in [-0.25, -0.2) is 0 Å². The van der Waals surface area contributed by atoms with Crippen molar-refractivity contribution >= 4 is 16.7 Å². The molecule has 0 aliphatic carbocycles. The average Bonchev–Trinajstić information content (AvgIpc) is 2.59. The quantitative estimate of drug-likeness (QED) is 0.724. The maximum absolute atomic E-state index is 13.0. The molecule has 0 fully saturated rings. The molecule has 3 rings (SSSR count). The Kier molecular flexibility index (Phi) is 4.81. The summed E-state index contributed by atoms with van der Waals surface area (Å²) in [5.41, 5.74) is 4.14. The fourth-order valence-corrected chi connectivity index (χ4v) is 3.08. The molecule has 0 aliphatic heterocycles. The summed E-state index contributed by atoms with van der Waals surface area (Å²) < 4.78 is 0. The smallest absolute Gasteiger partial charge is 0.194 e. The molecule has 4 heteroatoms. The number of Topliss-reactive ketones (excluding diaryl/α,β-unsaturated/α-hetero) is 1. The highest BCUT2D eigenvalue weighted by Gasteiger charge is 2.13. The van der Waals surface area contributed by atoms with E-state index in [0.29, 0.717) is 17.5 Å². The number of nitrogens with one attached hydrogen (secondary N) is 1. The third kappa shape index (κ3) is 3.69. The minimum Gasteiger partial charge on any atom is -0.358 e. The zero-order valence-corrected chi connectivity index (χ0v) is 14.8.